The summed E-state index contributed by atoms with van der Waals surface area (Å²) >= 11 is 6.13. The molecular formula is C29H40ClFO4. The minimum Gasteiger partial charge on any atom is -0.494 e. The number of aromatic carboxylic acids is 1. The highest BCUT2D eigenvalue weighted by Gasteiger charge is 2.20. The first-order valence-electron chi connectivity index (χ1n) is 12.9. The Labute approximate surface area is 214 Å². The van der Waals surface area contributed by atoms with Crippen LogP contribution in [-0.4, -0.2) is 41.9 Å². The molecule has 2 aromatic carbocycles. The first-order chi connectivity index (χ1) is 17.0. The number of carboxylic acid groups (broad SMARTS) is 1. The largest absolute Gasteiger partial charge is 0.494 e. The molecule has 0 aliphatic heterocycles. The van der Waals surface area contributed by atoms with Crippen LogP contribution in [0.5, 0.6) is 5.75 Å². The second kappa shape index (κ2) is 16.5. The van der Waals surface area contributed by atoms with Gasteiger partial charge in [0, 0.05) is 0 Å². The van der Waals surface area contributed by atoms with Crippen LogP contribution in [0.3, 0.4) is 0 Å². The van der Waals surface area contributed by atoms with Gasteiger partial charge in [0.25, 0.3) is 0 Å². The van der Waals surface area contributed by atoms with E-state index in [0.29, 0.717) is 18.6 Å². The average molecular weight is 507 g/mol. The number of ether oxygens (including phenoxy) is 2. The lowest BCUT2D eigenvalue weighted by Gasteiger charge is -2.21. The third kappa shape index (κ3) is 10.6. The Morgan fingerprint density at radius 3 is 2.34 bits per heavy atom. The molecule has 194 valence electrons. The van der Waals surface area contributed by atoms with Gasteiger partial charge in [-0.1, -0.05) is 76.3 Å². The standard InChI is InChI=1S/C29H40ClFO4/c1-3-5-6-7-12-23(35-21-28(31)27(30)11-4-2)13-10-20-34-24-18-16-22(17-19-24)25-14-8-9-15-26(25)29(32)33/h8-9,14-19,23,27-28H,3-7,10-13,20-21H2,1-2H3,(H,32,33)/t23?,27-,28-/m1/s1. The Kier molecular flexibility index (Phi) is 13.8. The summed E-state index contributed by atoms with van der Waals surface area (Å²) in [6.07, 6.45) is 7.54. The van der Waals surface area contributed by atoms with Crippen LogP contribution in [-0.2, 0) is 4.74 Å². The summed E-state index contributed by atoms with van der Waals surface area (Å²) in [6.45, 7) is 4.77. The van der Waals surface area contributed by atoms with Crippen LogP contribution in [0.4, 0.5) is 4.39 Å². The van der Waals surface area contributed by atoms with Crippen molar-refractivity contribution >= 4 is 17.6 Å². The van der Waals surface area contributed by atoms with Crippen LogP contribution in [0.1, 0.15) is 82.0 Å². The van der Waals surface area contributed by atoms with E-state index in [1.54, 1.807) is 18.2 Å². The lowest BCUT2D eigenvalue weighted by atomic mass is 10.00. The molecule has 1 unspecified atom stereocenters. The Morgan fingerprint density at radius 1 is 0.943 bits per heavy atom. The fourth-order valence-electron chi connectivity index (χ4n) is 4.05. The van der Waals surface area contributed by atoms with Crippen LogP contribution in [0.2, 0.25) is 0 Å². The highest BCUT2D eigenvalue weighted by atomic mass is 35.5. The zero-order chi connectivity index (χ0) is 25.5. The molecule has 0 radical (unpaired) electrons. The van der Waals surface area contributed by atoms with Crippen molar-refractivity contribution in [2.75, 3.05) is 13.2 Å². The first-order valence-corrected chi connectivity index (χ1v) is 13.3. The van der Waals surface area contributed by atoms with Crippen molar-refractivity contribution in [1.82, 2.24) is 0 Å². The SMILES string of the molecule is CCCCCCC(CCCOc1ccc(-c2ccccc2C(=O)O)cc1)OC[C@@H](F)[C@H](Cl)CCC. The molecule has 0 bridgehead atoms. The minimum atomic E-state index is -1.14. The lowest BCUT2D eigenvalue weighted by Crippen LogP contribution is -2.26. The third-order valence-corrected chi connectivity index (χ3v) is 6.58. The average Bonchev–Trinajstić information content (AvgIpc) is 2.87. The van der Waals surface area contributed by atoms with Crippen molar-refractivity contribution in [1.29, 1.82) is 0 Å². The van der Waals surface area contributed by atoms with Gasteiger partial charge in [0.05, 0.1) is 30.3 Å². The number of unbranched alkanes of at least 4 members (excludes halogenated alkanes) is 3. The Bertz CT molecular complexity index is 858. The predicted molar refractivity (Wildman–Crippen MR) is 142 cm³/mol. The van der Waals surface area contributed by atoms with Gasteiger partial charge in [-0.3, -0.25) is 0 Å². The number of carbonyl (C=O) groups is 1. The van der Waals surface area contributed by atoms with E-state index < -0.39 is 17.5 Å². The maximum absolute atomic E-state index is 14.3. The molecule has 0 fully saturated rings. The molecule has 2 rings (SSSR count). The summed E-state index contributed by atoms with van der Waals surface area (Å²) in [6, 6.07) is 14.4. The van der Waals surface area contributed by atoms with Crippen molar-refractivity contribution in [3.63, 3.8) is 0 Å². The van der Waals surface area contributed by atoms with Crippen LogP contribution < -0.4 is 4.74 Å². The van der Waals surface area contributed by atoms with Gasteiger partial charge >= 0.3 is 5.97 Å². The molecule has 1 N–H and O–H groups in total. The minimum absolute atomic E-state index is 0.00842. The van der Waals surface area contributed by atoms with Crippen LogP contribution in [0.25, 0.3) is 11.1 Å². The summed E-state index contributed by atoms with van der Waals surface area (Å²) < 4.78 is 26.1. The Hall–Kier alpha value is -2.11. The molecule has 0 amide bonds. The third-order valence-electron chi connectivity index (χ3n) is 6.09. The fraction of sp³-hybridized carbons (Fsp3) is 0.552. The predicted octanol–water partition coefficient (Wildman–Crippen LogP) is 8.31. The number of benzene rings is 2. The van der Waals surface area contributed by atoms with E-state index in [-0.39, 0.29) is 18.3 Å². The van der Waals surface area contributed by atoms with Crippen LogP contribution >= 0.6 is 11.6 Å². The van der Waals surface area contributed by atoms with Crippen molar-refractivity contribution in [3.05, 3.63) is 54.1 Å². The topological polar surface area (TPSA) is 55.8 Å². The number of rotatable bonds is 18. The summed E-state index contributed by atoms with van der Waals surface area (Å²) in [4.78, 5) is 11.5. The van der Waals surface area contributed by atoms with Gasteiger partial charge in [0.1, 0.15) is 11.9 Å². The van der Waals surface area contributed by atoms with Gasteiger partial charge in [0.2, 0.25) is 0 Å². The number of hydrogen-bond acceptors (Lipinski definition) is 3. The van der Waals surface area contributed by atoms with Crippen LogP contribution in [0, 0.1) is 0 Å². The highest BCUT2D eigenvalue weighted by molar-refractivity contribution is 6.21. The molecule has 0 spiro atoms. The van der Waals surface area contributed by atoms with E-state index >= 15 is 0 Å². The van der Waals surface area contributed by atoms with Crippen molar-refractivity contribution in [3.8, 4) is 16.9 Å². The van der Waals surface area contributed by atoms with Crippen molar-refractivity contribution in [2.45, 2.75) is 89.3 Å². The normalized spacial score (nSPS) is 13.8. The maximum atomic E-state index is 14.3. The van der Waals surface area contributed by atoms with Crippen molar-refractivity contribution in [2.24, 2.45) is 0 Å². The number of alkyl halides is 2. The van der Waals surface area contributed by atoms with Gasteiger partial charge in [-0.15, -0.1) is 11.6 Å². The first kappa shape index (κ1) is 29.1. The molecule has 6 heteroatoms. The summed E-state index contributed by atoms with van der Waals surface area (Å²) in [5, 5.41) is 8.92. The Balaban J connectivity index is 1.83. The zero-order valence-corrected chi connectivity index (χ0v) is 21.8. The molecule has 0 saturated heterocycles. The van der Waals surface area contributed by atoms with Gasteiger partial charge in [-0.25, -0.2) is 9.18 Å². The second-order valence-electron chi connectivity index (χ2n) is 8.99. The van der Waals surface area contributed by atoms with E-state index in [4.69, 9.17) is 21.1 Å². The van der Waals surface area contributed by atoms with Gasteiger partial charge in [-0.2, -0.15) is 0 Å². The molecule has 0 aliphatic rings. The molecule has 2 aromatic rings. The van der Waals surface area contributed by atoms with Crippen LogP contribution in [0.15, 0.2) is 48.5 Å². The number of carboxylic acids is 1. The molecule has 0 saturated carbocycles. The molecular weight excluding hydrogens is 467 g/mol. The van der Waals surface area contributed by atoms with Crippen molar-refractivity contribution < 1.29 is 23.8 Å². The number of hydrogen-bond donors (Lipinski definition) is 1. The fourth-order valence-corrected chi connectivity index (χ4v) is 4.34. The van der Waals surface area contributed by atoms with E-state index in [0.717, 1.165) is 49.8 Å². The molecule has 0 aliphatic carbocycles. The molecule has 0 heterocycles. The van der Waals surface area contributed by atoms with Gasteiger partial charge in [0.15, 0.2) is 0 Å². The molecule has 0 aromatic heterocycles. The summed E-state index contributed by atoms with van der Waals surface area (Å²) in [5.41, 5.74) is 1.79. The quantitative estimate of drug-likeness (QED) is 0.163. The summed E-state index contributed by atoms with van der Waals surface area (Å²) in [7, 11) is 0. The lowest BCUT2D eigenvalue weighted by molar-refractivity contribution is 0.00451. The van der Waals surface area contributed by atoms with E-state index in [1.807, 2.05) is 37.3 Å². The van der Waals surface area contributed by atoms with E-state index in [9.17, 15) is 14.3 Å². The summed E-state index contributed by atoms with van der Waals surface area (Å²) in [5.74, 6) is -0.214. The smallest absolute Gasteiger partial charge is 0.336 e. The molecule has 35 heavy (non-hydrogen) atoms. The number of halogens is 2. The van der Waals surface area contributed by atoms with Gasteiger partial charge in [-0.05, 0) is 55.0 Å². The maximum Gasteiger partial charge on any atom is 0.336 e. The Morgan fingerprint density at radius 2 is 1.66 bits per heavy atom. The van der Waals surface area contributed by atoms with E-state index in [2.05, 4.69) is 6.92 Å². The zero-order valence-electron chi connectivity index (χ0n) is 21.1. The monoisotopic (exact) mass is 506 g/mol. The molecule has 3 atom stereocenters. The van der Waals surface area contributed by atoms with E-state index in [1.165, 1.54) is 12.8 Å². The second-order valence-corrected chi connectivity index (χ2v) is 9.55. The molecule has 4 nitrogen and oxygen atoms in total. The van der Waals surface area contributed by atoms with Gasteiger partial charge < -0.3 is 14.6 Å². The highest BCUT2D eigenvalue weighted by Crippen LogP contribution is 2.26.